The molecule has 0 aromatic heterocycles. The van der Waals surface area contributed by atoms with Gasteiger partial charge in [0.2, 0.25) is 0 Å². The Hall–Kier alpha value is -2.28. The lowest BCUT2D eigenvalue weighted by Gasteiger charge is -2.21. The molecule has 0 aliphatic heterocycles. The van der Waals surface area contributed by atoms with Gasteiger partial charge in [0.25, 0.3) is 0 Å². The summed E-state index contributed by atoms with van der Waals surface area (Å²) in [7, 11) is 0. The van der Waals surface area contributed by atoms with E-state index in [1.54, 1.807) is 6.92 Å². The highest BCUT2D eigenvalue weighted by Gasteiger charge is 2.06. The summed E-state index contributed by atoms with van der Waals surface area (Å²) in [5.41, 5.74) is 2.14. The molecule has 0 radical (unpaired) electrons. The molecule has 0 heterocycles. The molecule has 106 valence electrons. The molecule has 0 unspecified atom stereocenters. The van der Waals surface area contributed by atoms with Crippen molar-refractivity contribution in [3.63, 3.8) is 0 Å². The number of hydrogen-bond acceptors (Lipinski definition) is 4. The first kappa shape index (κ1) is 15.8. The van der Waals surface area contributed by atoms with Crippen molar-refractivity contribution in [2.24, 2.45) is 0 Å². The second kappa shape index (κ2) is 8.00. The van der Waals surface area contributed by atoms with Gasteiger partial charge in [-0.25, -0.2) is 4.79 Å². The molecule has 0 aliphatic carbocycles. The van der Waals surface area contributed by atoms with Crippen molar-refractivity contribution in [1.82, 2.24) is 0 Å². The number of esters is 1. The third-order valence-corrected chi connectivity index (χ3v) is 2.98. The van der Waals surface area contributed by atoms with Crippen molar-refractivity contribution in [3.05, 3.63) is 35.9 Å². The summed E-state index contributed by atoms with van der Waals surface area (Å²) in [5.74, 6) is -0.489. The Balaban J connectivity index is 2.96. The fourth-order valence-electron chi connectivity index (χ4n) is 1.92. The van der Waals surface area contributed by atoms with Gasteiger partial charge in [0, 0.05) is 24.9 Å². The number of anilines is 1. The molecule has 0 fully saturated rings. The zero-order valence-electron chi connectivity index (χ0n) is 12.2. The zero-order chi connectivity index (χ0) is 15.0. The number of carbonyl (C=O) groups is 1. The molecule has 1 rings (SSSR count). The lowest BCUT2D eigenvalue weighted by molar-refractivity contribution is -0.137. The molecule has 1 aromatic rings. The van der Waals surface area contributed by atoms with Gasteiger partial charge in [-0.2, -0.15) is 5.26 Å². The van der Waals surface area contributed by atoms with Crippen molar-refractivity contribution in [1.29, 1.82) is 5.26 Å². The largest absolute Gasteiger partial charge is 0.463 e. The van der Waals surface area contributed by atoms with E-state index in [9.17, 15) is 4.79 Å². The molecule has 0 atom stereocenters. The molecule has 0 aliphatic rings. The van der Waals surface area contributed by atoms with Gasteiger partial charge in [0.15, 0.2) is 0 Å². The summed E-state index contributed by atoms with van der Waals surface area (Å²) in [6, 6.07) is 9.64. The lowest BCUT2D eigenvalue weighted by Crippen LogP contribution is -2.21. The average Bonchev–Trinajstić information content (AvgIpc) is 2.47. The molecule has 20 heavy (non-hydrogen) atoms. The third kappa shape index (κ3) is 4.13. The van der Waals surface area contributed by atoms with E-state index in [0.717, 1.165) is 24.3 Å². The highest BCUT2D eigenvalue weighted by molar-refractivity contribution is 5.95. The van der Waals surface area contributed by atoms with Crippen LogP contribution in [0, 0.1) is 11.3 Å². The molecule has 0 spiro atoms. The molecule has 1 aromatic carbocycles. The topological polar surface area (TPSA) is 53.3 Å². The zero-order valence-corrected chi connectivity index (χ0v) is 12.2. The molecular weight excluding hydrogens is 252 g/mol. The maximum absolute atomic E-state index is 11.4. The van der Waals surface area contributed by atoms with Gasteiger partial charge < -0.3 is 9.64 Å². The molecule has 0 saturated carbocycles. The lowest BCUT2D eigenvalue weighted by atomic mass is 10.1. The molecule has 0 amide bonds. The average molecular weight is 272 g/mol. The number of hydrogen-bond donors (Lipinski definition) is 0. The van der Waals surface area contributed by atoms with Crippen LogP contribution < -0.4 is 4.90 Å². The van der Waals surface area contributed by atoms with Gasteiger partial charge >= 0.3 is 5.97 Å². The van der Waals surface area contributed by atoms with Crippen molar-refractivity contribution < 1.29 is 9.53 Å². The number of benzene rings is 1. The van der Waals surface area contributed by atoms with E-state index >= 15 is 0 Å². The van der Waals surface area contributed by atoms with E-state index in [4.69, 9.17) is 10.00 Å². The van der Waals surface area contributed by atoms with Crippen molar-refractivity contribution in [2.75, 3.05) is 24.6 Å². The summed E-state index contributed by atoms with van der Waals surface area (Å²) in [4.78, 5) is 13.6. The minimum atomic E-state index is -0.489. The van der Waals surface area contributed by atoms with Gasteiger partial charge in [-0.15, -0.1) is 0 Å². The molecule has 4 heteroatoms. The molecular formula is C16H20N2O2. The molecule has 0 bridgehead atoms. The minimum absolute atomic E-state index is 0.301. The quantitative estimate of drug-likeness (QED) is 0.454. The van der Waals surface area contributed by atoms with Crippen LogP contribution >= 0.6 is 0 Å². The standard InChI is InChI=1S/C16H20N2O2/c1-4-18(5-2)15-9-7-13(8-10-15)14(12-17)11-16(19)20-6-3/h7-11H,4-6H2,1-3H3. The first-order valence-electron chi connectivity index (χ1n) is 6.80. The number of rotatable bonds is 6. The van der Waals surface area contributed by atoms with Crippen LogP contribution in [0.15, 0.2) is 30.3 Å². The van der Waals surface area contributed by atoms with Gasteiger partial charge in [-0.1, -0.05) is 12.1 Å². The van der Waals surface area contributed by atoms with Crippen LogP contribution in [0.4, 0.5) is 5.69 Å². The second-order valence-corrected chi connectivity index (χ2v) is 4.14. The first-order chi connectivity index (χ1) is 9.65. The number of carbonyl (C=O) groups excluding carboxylic acids is 1. The summed E-state index contributed by atoms with van der Waals surface area (Å²) < 4.78 is 4.82. The fraction of sp³-hybridized carbons (Fsp3) is 0.375. The van der Waals surface area contributed by atoms with Crippen LogP contribution in [0.2, 0.25) is 0 Å². The Labute approximate surface area is 120 Å². The summed E-state index contributed by atoms with van der Waals surface area (Å²) in [5, 5.41) is 9.13. The van der Waals surface area contributed by atoms with Crippen LogP contribution in [0.25, 0.3) is 5.57 Å². The Kier molecular flexibility index (Phi) is 6.31. The minimum Gasteiger partial charge on any atom is -0.463 e. The highest BCUT2D eigenvalue weighted by atomic mass is 16.5. The van der Waals surface area contributed by atoms with E-state index in [1.807, 2.05) is 30.3 Å². The number of nitrogens with zero attached hydrogens (tertiary/aromatic N) is 2. The SMILES string of the molecule is CCOC(=O)C=C(C#N)c1ccc(N(CC)CC)cc1. The maximum Gasteiger partial charge on any atom is 0.332 e. The van der Waals surface area contributed by atoms with Gasteiger partial charge in [0.05, 0.1) is 12.2 Å². The van der Waals surface area contributed by atoms with Crippen molar-refractivity contribution in [2.45, 2.75) is 20.8 Å². The normalized spacial score (nSPS) is 10.8. The molecule has 0 saturated heterocycles. The molecule has 4 nitrogen and oxygen atoms in total. The maximum atomic E-state index is 11.4. The Bertz CT molecular complexity index is 508. The van der Waals surface area contributed by atoms with Crippen LogP contribution in [-0.4, -0.2) is 25.7 Å². The summed E-state index contributed by atoms with van der Waals surface area (Å²) in [6.07, 6.45) is 1.23. The third-order valence-electron chi connectivity index (χ3n) is 2.98. The monoisotopic (exact) mass is 272 g/mol. The number of allylic oxidation sites excluding steroid dienone is 1. The Morgan fingerprint density at radius 1 is 1.25 bits per heavy atom. The Morgan fingerprint density at radius 3 is 2.30 bits per heavy atom. The van der Waals surface area contributed by atoms with Gasteiger partial charge in [-0.05, 0) is 38.5 Å². The number of ether oxygens (including phenoxy) is 1. The van der Waals surface area contributed by atoms with Crippen LogP contribution in [0.3, 0.4) is 0 Å². The fourth-order valence-corrected chi connectivity index (χ4v) is 1.92. The highest BCUT2D eigenvalue weighted by Crippen LogP contribution is 2.19. The summed E-state index contributed by atoms with van der Waals surface area (Å²) in [6.45, 7) is 8.09. The van der Waals surface area contributed by atoms with Crippen LogP contribution in [0.5, 0.6) is 0 Å². The van der Waals surface area contributed by atoms with E-state index in [1.165, 1.54) is 6.08 Å². The van der Waals surface area contributed by atoms with E-state index in [0.29, 0.717) is 12.2 Å². The molecule has 0 N–H and O–H groups in total. The predicted molar refractivity (Wildman–Crippen MR) is 80.2 cm³/mol. The van der Waals surface area contributed by atoms with Gasteiger partial charge in [0.1, 0.15) is 6.07 Å². The van der Waals surface area contributed by atoms with Crippen molar-refractivity contribution >= 4 is 17.2 Å². The number of nitriles is 1. The van der Waals surface area contributed by atoms with Crippen LogP contribution in [0.1, 0.15) is 26.3 Å². The predicted octanol–water partition coefficient (Wildman–Crippen LogP) is 3.00. The van der Waals surface area contributed by atoms with E-state index in [2.05, 4.69) is 18.7 Å². The van der Waals surface area contributed by atoms with E-state index in [-0.39, 0.29) is 0 Å². The first-order valence-corrected chi connectivity index (χ1v) is 6.80. The smallest absolute Gasteiger partial charge is 0.332 e. The van der Waals surface area contributed by atoms with Gasteiger partial charge in [-0.3, -0.25) is 0 Å². The van der Waals surface area contributed by atoms with Crippen LogP contribution in [-0.2, 0) is 9.53 Å². The van der Waals surface area contributed by atoms with E-state index < -0.39 is 5.97 Å². The second-order valence-electron chi connectivity index (χ2n) is 4.14. The summed E-state index contributed by atoms with van der Waals surface area (Å²) >= 11 is 0. The van der Waals surface area contributed by atoms with Crippen molar-refractivity contribution in [3.8, 4) is 6.07 Å². The Morgan fingerprint density at radius 2 is 1.85 bits per heavy atom.